The standard InChI is InChI=1S/C12H15BrN2/c13-10-5-6-11(14-7-10)15-12(8-1-2-8)9-3-4-9/h5-9,12H,1-4H2,(H,14,15). The highest BCUT2D eigenvalue weighted by Crippen LogP contribution is 2.45. The second kappa shape index (κ2) is 3.78. The Labute approximate surface area is 98.6 Å². The van der Waals surface area contributed by atoms with Gasteiger partial charge in [0.05, 0.1) is 0 Å². The summed E-state index contributed by atoms with van der Waals surface area (Å²) in [7, 11) is 0. The SMILES string of the molecule is Brc1ccc(NC(C2CC2)C2CC2)nc1. The third-order valence-electron chi connectivity index (χ3n) is 3.30. The summed E-state index contributed by atoms with van der Waals surface area (Å²) in [5, 5.41) is 3.60. The van der Waals surface area contributed by atoms with Crippen molar-refractivity contribution in [2.24, 2.45) is 11.8 Å². The normalized spacial score (nSPS) is 20.7. The first-order chi connectivity index (χ1) is 7.33. The zero-order chi connectivity index (χ0) is 10.3. The fourth-order valence-corrected chi connectivity index (χ4v) is 2.40. The van der Waals surface area contributed by atoms with Crippen LogP contribution in [0.3, 0.4) is 0 Å². The first-order valence-electron chi connectivity index (χ1n) is 5.71. The number of nitrogens with one attached hydrogen (secondary N) is 1. The third kappa shape index (κ3) is 2.33. The molecule has 0 atom stereocenters. The topological polar surface area (TPSA) is 24.9 Å². The van der Waals surface area contributed by atoms with Crippen LogP contribution < -0.4 is 5.32 Å². The zero-order valence-corrected chi connectivity index (χ0v) is 10.2. The fourth-order valence-electron chi connectivity index (χ4n) is 2.16. The van der Waals surface area contributed by atoms with Crippen LogP contribution in [0.15, 0.2) is 22.8 Å². The van der Waals surface area contributed by atoms with E-state index >= 15 is 0 Å². The average Bonchev–Trinajstić information content (AvgIpc) is 3.11. The molecule has 2 saturated carbocycles. The van der Waals surface area contributed by atoms with E-state index in [1.54, 1.807) is 0 Å². The number of rotatable bonds is 4. The molecule has 2 fully saturated rings. The minimum Gasteiger partial charge on any atom is -0.367 e. The first-order valence-corrected chi connectivity index (χ1v) is 6.50. The van der Waals surface area contributed by atoms with E-state index in [0.717, 1.165) is 22.1 Å². The van der Waals surface area contributed by atoms with Gasteiger partial charge in [-0.15, -0.1) is 0 Å². The minimum absolute atomic E-state index is 0.693. The molecule has 80 valence electrons. The lowest BCUT2D eigenvalue weighted by Gasteiger charge is -2.18. The molecule has 0 bridgehead atoms. The Morgan fingerprint density at radius 2 is 1.87 bits per heavy atom. The molecule has 0 aliphatic heterocycles. The van der Waals surface area contributed by atoms with Gasteiger partial charge < -0.3 is 5.32 Å². The third-order valence-corrected chi connectivity index (χ3v) is 3.77. The van der Waals surface area contributed by atoms with E-state index in [1.807, 2.05) is 12.3 Å². The van der Waals surface area contributed by atoms with Gasteiger partial charge in [0.25, 0.3) is 0 Å². The molecule has 1 aromatic rings. The molecule has 0 aromatic carbocycles. The number of halogens is 1. The van der Waals surface area contributed by atoms with Crippen LogP contribution in [0.1, 0.15) is 25.7 Å². The Balaban J connectivity index is 1.69. The van der Waals surface area contributed by atoms with Crippen LogP contribution in [-0.4, -0.2) is 11.0 Å². The number of anilines is 1. The van der Waals surface area contributed by atoms with Gasteiger partial charge in [-0.1, -0.05) is 0 Å². The largest absolute Gasteiger partial charge is 0.367 e. The van der Waals surface area contributed by atoms with Crippen LogP contribution in [0.5, 0.6) is 0 Å². The molecule has 0 amide bonds. The molecular formula is C12H15BrN2. The Kier molecular flexibility index (Phi) is 2.43. The van der Waals surface area contributed by atoms with E-state index in [0.29, 0.717) is 6.04 Å². The molecule has 1 heterocycles. The summed E-state index contributed by atoms with van der Waals surface area (Å²) in [6, 6.07) is 4.80. The summed E-state index contributed by atoms with van der Waals surface area (Å²) in [5.41, 5.74) is 0. The Bertz CT molecular complexity index is 329. The van der Waals surface area contributed by atoms with Gasteiger partial charge in [0.15, 0.2) is 0 Å². The van der Waals surface area contributed by atoms with Gasteiger partial charge in [0.2, 0.25) is 0 Å². The second-order valence-corrected chi connectivity index (χ2v) is 5.62. The van der Waals surface area contributed by atoms with E-state index < -0.39 is 0 Å². The fraction of sp³-hybridized carbons (Fsp3) is 0.583. The van der Waals surface area contributed by atoms with Crippen molar-refractivity contribution in [2.75, 3.05) is 5.32 Å². The molecule has 0 radical (unpaired) electrons. The Morgan fingerprint density at radius 3 is 2.33 bits per heavy atom. The molecule has 1 N–H and O–H groups in total. The molecule has 0 spiro atoms. The van der Waals surface area contributed by atoms with Crippen molar-refractivity contribution in [1.82, 2.24) is 4.98 Å². The maximum Gasteiger partial charge on any atom is 0.126 e. The smallest absolute Gasteiger partial charge is 0.126 e. The summed E-state index contributed by atoms with van der Waals surface area (Å²) >= 11 is 3.40. The maximum absolute atomic E-state index is 4.38. The molecule has 2 nitrogen and oxygen atoms in total. The molecule has 2 aliphatic rings. The van der Waals surface area contributed by atoms with Crippen molar-refractivity contribution < 1.29 is 0 Å². The van der Waals surface area contributed by atoms with Crippen LogP contribution in [0.4, 0.5) is 5.82 Å². The Morgan fingerprint density at radius 1 is 1.20 bits per heavy atom. The molecule has 1 aromatic heterocycles. The predicted octanol–water partition coefficient (Wildman–Crippen LogP) is 3.44. The molecule has 15 heavy (non-hydrogen) atoms. The van der Waals surface area contributed by atoms with Crippen molar-refractivity contribution in [2.45, 2.75) is 31.7 Å². The van der Waals surface area contributed by atoms with Crippen LogP contribution in [0.25, 0.3) is 0 Å². The monoisotopic (exact) mass is 266 g/mol. The summed E-state index contributed by atoms with van der Waals surface area (Å²) < 4.78 is 1.04. The molecule has 0 saturated heterocycles. The van der Waals surface area contributed by atoms with Gasteiger partial charge in [0.1, 0.15) is 5.82 Å². The predicted molar refractivity (Wildman–Crippen MR) is 64.8 cm³/mol. The van der Waals surface area contributed by atoms with Gasteiger partial charge >= 0.3 is 0 Å². The van der Waals surface area contributed by atoms with Gasteiger partial charge in [0, 0.05) is 16.7 Å². The summed E-state index contributed by atoms with van der Waals surface area (Å²) in [6.45, 7) is 0. The lowest BCUT2D eigenvalue weighted by atomic mass is 10.1. The number of nitrogens with zero attached hydrogens (tertiary/aromatic N) is 1. The van der Waals surface area contributed by atoms with Gasteiger partial charge in [-0.2, -0.15) is 0 Å². The molecule has 0 unspecified atom stereocenters. The lowest BCUT2D eigenvalue weighted by Crippen LogP contribution is -2.24. The Hall–Kier alpha value is -0.570. The summed E-state index contributed by atoms with van der Waals surface area (Å²) in [6.07, 6.45) is 7.49. The second-order valence-electron chi connectivity index (χ2n) is 4.71. The van der Waals surface area contributed by atoms with Crippen molar-refractivity contribution >= 4 is 21.7 Å². The van der Waals surface area contributed by atoms with Crippen molar-refractivity contribution in [3.63, 3.8) is 0 Å². The van der Waals surface area contributed by atoms with Crippen molar-refractivity contribution in [3.05, 3.63) is 22.8 Å². The molecule has 2 aliphatic carbocycles. The van der Waals surface area contributed by atoms with E-state index in [4.69, 9.17) is 0 Å². The van der Waals surface area contributed by atoms with E-state index in [9.17, 15) is 0 Å². The van der Waals surface area contributed by atoms with Crippen molar-refractivity contribution in [1.29, 1.82) is 0 Å². The molecule has 3 rings (SSSR count). The van der Waals surface area contributed by atoms with Crippen LogP contribution >= 0.6 is 15.9 Å². The quantitative estimate of drug-likeness (QED) is 0.903. The van der Waals surface area contributed by atoms with Crippen LogP contribution in [-0.2, 0) is 0 Å². The van der Waals surface area contributed by atoms with E-state index in [2.05, 4.69) is 32.3 Å². The summed E-state index contributed by atoms with van der Waals surface area (Å²) in [4.78, 5) is 4.38. The molecule has 3 heteroatoms. The number of hydrogen-bond acceptors (Lipinski definition) is 2. The van der Waals surface area contributed by atoms with Crippen LogP contribution in [0.2, 0.25) is 0 Å². The van der Waals surface area contributed by atoms with Gasteiger partial charge in [-0.05, 0) is 65.6 Å². The van der Waals surface area contributed by atoms with Crippen LogP contribution in [0, 0.1) is 11.8 Å². The maximum atomic E-state index is 4.38. The number of pyridine rings is 1. The van der Waals surface area contributed by atoms with E-state index in [-0.39, 0.29) is 0 Å². The first kappa shape index (κ1) is 9.64. The number of aromatic nitrogens is 1. The molecular weight excluding hydrogens is 252 g/mol. The minimum atomic E-state index is 0.693. The lowest BCUT2D eigenvalue weighted by molar-refractivity contribution is 0.565. The summed E-state index contributed by atoms with van der Waals surface area (Å²) in [5.74, 6) is 2.87. The highest BCUT2D eigenvalue weighted by Gasteiger charge is 2.41. The highest BCUT2D eigenvalue weighted by atomic mass is 79.9. The van der Waals surface area contributed by atoms with Crippen molar-refractivity contribution in [3.8, 4) is 0 Å². The highest BCUT2D eigenvalue weighted by molar-refractivity contribution is 9.10. The van der Waals surface area contributed by atoms with E-state index in [1.165, 1.54) is 25.7 Å². The average molecular weight is 267 g/mol. The van der Waals surface area contributed by atoms with Gasteiger partial charge in [-0.3, -0.25) is 0 Å². The number of hydrogen-bond donors (Lipinski definition) is 1. The van der Waals surface area contributed by atoms with Gasteiger partial charge in [-0.25, -0.2) is 4.98 Å². The zero-order valence-electron chi connectivity index (χ0n) is 8.62.